The lowest BCUT2D eigenvalue weighted by Gasteiger charge is -2.34. The summed E-state index contributed by atoms with van der Waals surface area (Å²) >= 11 is 0. The molecule has 33 heavy (non-hydrogen) atoms. The molecule has 4 heterocycles. The first-order chi connectivity index (χ1) is 16.0. The molecule has 1 fully saturated rings. The van der Waals surface area contributed by atoms with E-state index in [-0.39, 0.29) is 0 Å². The molecule has 0 unspecified atom stereocenters. The van der Waals surface area contributed by atoms with E-state index in [2.05, 4.69) is 44.3 Å². The van der Waals surface area contributed by atoms with Crippen molar-refractivity contribution in [3.8, 4) is 5.82 Å². The molecule has 1 aromatic carbocycles. The van der Waals surface area contributed by atoms with Crippen LogP contribution in [0.4, 0.5) is 17.3 Å². The molecular weight excluding hydrogens is 416 g/mol. The minimum Gasteiger partial charge on any atom is -0.369 e. The van der Waals surface area contributed by atoms with Crippen molar-refractivity contribution in [2.24, 2.45) is 5.73 Å². The van der Waals surface area contributed by atoms with Gasteiger partial charge < -0.3 is 20.9 Å². The number of aryl methyl sites for hydroxylation is 1. The Bertz CT molecular complexity index is 1310. The maximum Gasteiger partial charge on any atom is 0.250 e. The average molecular weight is 443 g/mol. The number of amides is 1. The van der Waals surface area contributed by atoms with Gasteiger partial charge in [0.1, 0.15) is 11.5 Å². The molecule has 3 N–H and O–H groups in total. The Labute approximate surface area is 191 Å². The monoisotopic (exact) mass is 442 g/mol. The van der Waals surface area contributed by atoms with E-state index >= 15 is 0 Å². The Kier molecular flexibility index (Phi) is 5.39. The number of piperazine rings is 1. The summed E-state index contributed by atoms with van der Waals surface area (Å²) in [6.45, 7) is 6.11. The van der Waals surface area contributed by atoms with E-state index in [1.165, 1.54) is 5.69 Å². The maximum atomic E-state index is 11.9. The van der Waals surface area contributed by atoms with E-state index in [4.69, 9.17) is 10.7 Å². The normalized spacial score (nSPS) is 14.5. The zero-order valence-corrected chi connectivity index (χ0v) is 18.7. The lowest BCUT2D eigenvalue weighted by Crippen LogP contribution is -2.44. The molecule has 0 bridgehead atoms. The number of pyridine rings is 1. The van der Waals surface area contributed by atoms with E-state index in [0.29, 0.717) is 28.4 Å². The lowest BCUT2D eigenvalue weighted by molar-refractivity contribution is 0.100. The lowest BCUT2D eigenvalue weighted by atomic mass is 10.2. The highest BCUT2D eigenvalue weighted by Crippen LogP contribution is 2.25. The number of nitrogens with zero attached hydrogens (tertiary/aromatic N) is 6. The number of hydrogen-bond donors (Lipinski definition) is 2. The molecule has 9 heteroatoms. The molecule has 3 aromatic heterocycles. The SMILES string of the molecule is Cc1cnc(Nc2ccc(N3CCN(C)CC3)cc2)nc1-n1cc(C(N)=O)c2cccnc21. The van der Waals surface area contributed by atoms with Crippen molar-refractivity contribution >= 4 is 34.3 Å². The predicted octanol–water partition coefficient (Wildman–Crippen LogP) is 2.72. The van der Waals surface area contributed by atoms with Crippen molar-refractivity contribution in [3.05, 3.63) is 66.1 Å². The molecule has 0 spiro atoms. The number of nitrogens with one attached hydrogen (secondary N) is 1. The zero-order valence-electron chi connectivity index (χ0n) is 18.7. The fourth-order valence-corrected chi connectivity index (χ4v) is 4.10. The number of likely N-dealkylation sites (N-methyl/N-ethyl adjacent to an activating group) is 1. The largest absolute Gasteiger partial charge is 0.369 e. The van der Waals surface area contributed by atoms with Gasteiger partial charge in [-0.2, -0.15) is 4.98 Å². The van der Waals surface area contributed by atoms with Gasteiger partial charge in [0.05, 0.1) is 5.56 Å². The van der Waals surface area contributed by atoms with Crippen LogP contribution in [0.2, 0.25) is 0 Å². The molecule has 1 aliphatic heterocycles. The van der Waals surface area contributed by atoms with Gasteiger partial charge in [0, 0.05) is 67.1 Å². The third kappa shape index (κ3) is 4.10. The zero-order chi connectivity index (χ0) is 22.9. The van der Waals surface area contributed by atoms with Crippen LogP contribution in [-0.4, -0.2) is 63.6 Å². The van der Waals surface area contributed by atoms with Gasteiger partial charge in [-0.3, -0.25) is 9.36 Å². The van der Waals surface area contributed by atoms with E-state index in [1.54, 1.807) is 29.2 Å². The second-order valence-electron chi connectivity index (χ2n) is 8.31. The second kappa shape index (κ2) is 8.51. The first kappa shape index (κ1) is 20.9. The molecule has 168 valence electrons. The van der Waals surface area contributed by atoms with E-state index < -0.39 is 5.91 Å². The van der Waals surface area contributed by atoms with E-state index in [0.717, 1.165) is 37.4 Å². The number of aromatic nitrogens is 4. The summed E-state index contributed by atoms with van der Waals surface area (Å²) in [5.74, 6) is 0.594. The highest BCUT2D eigenvalue weighted by Gasteiger charge is 2.17. The third-order valence-electron chi connectivity index (χ3n) is 5.99. The predicted molar refractivity (Wildman–Crippen MR) is 129 cm³/mol. The number of nitrogens with two attached hydrogens (primary N) is 1. The third-order valence-corrected chi connectivity index (χ3v) is 5.99. The van der Waals surface area contributed by atoms with Crippen LogP contribution in [0.1, 0.15) is 15.9 Å². The molecule has 5 rings (SSSR count). The summed E-state index contributed by atoms with van der Waals surface area (Å²) in [5.41, 5.74) is 9.57. The quantitative estimate of drug-likeness (QED) is 0.490. The number of anilines is 3. The fraction of sp³-hybridized carbons (Fsp3) is 0.250. The summed E-state index contributed by atoms with van der Waals surface area (Å²) in [7, 11) is 2.15. The van der Waals surface area contributed by atoms with Crippen molar-refractivity contribution in [3.63, 3.8) is 0 Å². The first-order valence-corrected chi connectivity index (χ1v) is 10.9. The van der Waals surface area contributed by atoms with Gasteiger partial charge in [0.25, 0.3) is 5.91 Å². The number of primary amides is 1. The van der Waals surface area contributed by atoms with Crippen LogP contribution in [0.3, 0.4) is 0 Å². The molecule has 1 saturated heterocycles. The van der Waals surface area contributed by atoms with Crippen LogP contribution < -0.4 is 16.0 Å². The number of benzene rings is 1. The molecule has 0 atom stereocenters. The van der Waals surface area contributed by atoms with Crippen LogP contribution in [0, 0.1) is 6.92 Å². The Morgan fingerprint density at radius 2 is 1.82 bits per heavy atom. The van der Waals surface area contributed by atoms with Gasteiger partial charge in [-0.1, -0.05) is 0 Å². The molecule has 0 saturated carbocycles. The van der Waals surface area contributed by atoms with Crippen molar-refractivity contribution < 1.29 is 4.79 Å². The van der Waals surface area contributed by atoms with E-state index in [9.17, 15) is 4.79 Å². The summed E-state index contributed by atoms with van der Waals surface area (Å²) in [5, 5.41) is 3.97. The van der Waals surface area contributed by atoms with Crippen LogP contribution >= 0.6 is 0 Å². The van der Waals surface area contributed by atoms with Crippen LogP contribution in [0.25, 0.3) is 16.9 Å². The molecule has 0 aliphatic carbocycles. The number of fused-ring (bicyclic) bond motifs is 1. The fourth-order valence-electron chi connectivity index (χ4n) is 4.10. The van der Waals surface area contributed by atoms with E-state index in [1.807, 2.05) is 25.1 Å². The Morgan fingerprint density at radius 3 is 2.55 bits per heavy atom. The Balaban J connectivity index is 1.42. The van der Waals surface area contributed by atoms with Crippen molar-refractivity contribution in [2.45, 2.75) is 6.92 Å². The molecule has 9 nitrogen and oxygen atoms in total. The first-order valence-electron chi connectivity index (χ1n) is 10.9. The number of hydrogen-bond acceptors (Lipinski definition) is 7. The summed E-state index contributed by atoms with van der Waals surface area (Å²) in [6.07, 6.45) is 5.12. The van der Waals surface area contributed by atoms with Crippen LogP contribution in [0.15, 0.2) is 55.0 Å². The van der Waals surface area contributed by atoms with Gasteiger partial charge in [0.2, 0.25) is 5.95 Å². The Morgan fingerprint density at radius 1 is 1.06 bits per heavy atom. The van der Waals surface area contributed by atoms with Gasteiger partial charge in [-0.25, -0.2) is 9.97 Å². The summed E-state index contributed by atoms with van der Waals surface area (Å²) < 4.78 is 1.79. The minimum atomic E-state index is -0.503. The second-order valence-corrected chi connectivity index (χ2v) is 8.31. The smallest absolute Gasteiger partial charge is 0.250 e. The molecule has 1 aliphatic rings. The average Bonchev–Trinajstić information content (AvgIpc) is 3.21. The van der Waals surface area contributed by atoms with Crippen molar-refractivity contribution in [1.82, 2.24) is 24.4 Å². The highest BCUT2D eigenvalue weighted by molar-refractivity contribution is 6.05. The van der Waals surface area contributed by atoms with Gasteiger partial charge >= 0.3 is 0 Å². The van der Waals surface area contributed by atoms with Crippen molar-refractivity contribution in [2.75, 3.05) is 43.4 Å². The van der Waals surface area contributed by atoms with Gasteiger partial charge in [-0.05, 0) is 50.4 Å². The summed E-state index contributed by atoms with van der Waals surface area (Å²) in [6, 6.07) is 11.9. The van der Waals surface area contributed by atoms with Crippen LogP contribution in [0.5, 0.6) is 0 Å². The molecule has 1 amide bonds. The number of carbonyl (C=O) groups is 1. The van der Waals surface area contributed by atoms with Crippen molar-refractivity contribution in [1.29, 1.82) is 0 Å². The molecular formula is C24H26N8O. The molecule has 4 aromatic rings. The topological polar surface area (TPSA) is 105 Å². The number of carbonyl (C=O) groups excluding carboxylic acids is 1. The minimum absolute atomic E-state index is 0.408. The highest BCUT2D eigenvalue weighted by atomic mass is 16.1. The van der Waals surface area contributed by atoms with Crippen LogP contribution in [-0.2, 0) is 0 Å². The standard InChI is InChI=1S/C24H26N8O/c1-16-14-27-24(28-17-5-7-18(8-6-17)31-12-10-30(2)11-13-31)29-22(16)32-15-20(21(25)33)19-4-3-9-26-23(19)32/h3-9,14-15H,10-13H2,1-2H3,(H2,25,33)(H,27,28,29). The molecule has 0 radical (unpaired) electrons. The van der Waals surface area contributed by atoms with Gasteiger partial charge in [0.15, 0.2) is 0 Å². The maximum absolute atomic E-state index is 11.9. The summed E-state index contributed by atoms with van der Waals surface area (Å²) in [4.78, 5) is 30.3. The number of rotatable bonds is 5. The van der Waals surface area contributed by atoms with Gasteiger partial charge in [-0.15, -0.1) is 0 Å². The Hall–Kier alpha value is -3.98.